The lowest BCUT2D eigenvalue weighted by molar-refractivity contribution is -0.113. The van der Waals surface area contributed by atoms with Crippen molar-refractivity contribution in [3.8, 4) is 5.75 Å². The minimum Gasteiger partial charge on any atom is -0.495 e. The Bertz CT molecular complexity index is 722. The first-order valence-corrected chi connectivity index (χ1v) is 8.25. The molecule has 6 heteroatoms. The van der Waals surface area contributed by atoms with Crippen molar-refractivity contribution >= 4 is 57.3 Å². The van der Waals surface area contributed by atoms with Crippen molar-refractivity contribution in [2.45, 2.75) is 0 Å². The minimum atomic E-state index is -0.108. The van der Waals surface area contributed by atoms with Gasteiger partial charge < -0.3 is 4.74 Å². The zero-order valence-corrected chi connectivity index (χ0v) is 13.6. The van der Waals surface area contributed by atoms with Gasteiger partial charge in [-0.05, 0) is 29.7 Å². The molecule has 0 radical (unpaired) electrons. The third-order valence-corrected chi connectivity index (χ3v) is 5.06. The third-order valence-electron chi connectivity index (χ3n) is 2.94. The highest BCUT2D eigenvalue weighted by Crippen LogP contribution is 2.39. The van der Waals surface area contributed by atoms with E-state index in [0.29, 0.717) is 20.7 Å². The van der Waals surface area contributed by atoms with Gasteiger partial charge in [-0.15, -0.1) is 11.3 Å². The number of thioether (sulfide) groups is 1. The molecule has 0 N–H and O–H groups in total. The van der Waals surface area contributed by atoms with Crippen LogP contribution < -0.4 is 9.64 Å². The van der Waals surface area contributed by atoms with Crippen LogP contribution >= 0.6 is 35.3 Å². The SMILES string of the molecule is COc1ccccc1N1C(=O)/C(=C/c2cccs2)SC1=S. The van der Waals surface area contributed by atoms with Gasteiger partial charge in [0.2, 0.25) is 0 Å². The number of rotatable bonds is 3. The summed E-state index contributed by atoms with van der Waals surface area (Å²) in [6.07, 6.45) is 1.87. The number of nitrogens with zero attached hydrogens (tertiary/aromatic N) is 1. The summed E-state index contributed by atoms with van der Waals surface area (Å²) < 4.78 is 5.84. The Balaban J connectivity index is 1.98. The molecular formula is C15H11NO2S3. The molecule has 0 aliphatic carbocycles. The lowest BCUT2D eigenvalue weighted by Crippen LogP contribution is -2.27. The predicted molar refractivity (Wildman–Crippen MR) is 93.0 cm³/mol. The maximum atomic E-state index is 12.6. The van der Waals surface area contributed by atoms with Gasteiger partial charge in [-0.2, -0.15) is 0 Å². The van der Waals surface area contributed by atoms with Crippen molar-refractivity contribution in [3.05, 3.63) is 51.6 Å². The van der Waals surface area contributed by atoms with E-state index in [4.69, 9.17) is 17.0 Å². The maximum Gasteiger partial charge on any atom is 0.270 e. The number of anilines is 1. The van der Waals surface area contributed by atoms with E-state index in [1.165, 1.54) is 16.7 Å². The number of hydrogen-bond donors (Lipinski definition) is 0. The smallest absolute Gasteiger partial charge is 0.270 e. The van der Waals surface area contributed by atoms with Crippen molar-refractivity contribution in [1.82, 2.24) is 0 Å². The fourth-order valence-electron chi connectivity index (χ4n) is 1.99. The zero-order valence-electron chi connectivity index (χ0n) is 11.1. The van der Waals surface area contributed by atoms with Crippen LogP contribution in [0.2, 0.25) is 0 Å². The molecule has 0 atom stereocenters. The third kappa shape index (κ3) is 2.74. The van der Waals surface area contributed by atoms with Gasteiger partial charge in [-0.1, -0.05) is 42.2 Å². The molecule has 2 heterocycles. The van der Waals surface area contributed by atoms with E-state index in [1.54, 1.807) is 18.4 Å². The van der Waals surface area contributed by atoms with Crippen LogP contribution in [0.5, 0.6) is 5.75 Å². The number of thiocarbonyl (C=S) groups is 1. The zero-order chi connectivity index (χ0) is 14.8. The lowest BCUT2D eigenvalue weighted by Gasteiger charge is -2.17. The number of hydrogen-bond acceptors (Lipinski definition) is 5. The molecule has 21 heavy (non-hydrogen) atoms. The van der Waals surface area contributed by atoms with Crippen LogP contribution in [-0.2, 0) is 4.79 Å². The molecule has 1 fully saturated rings. The molecule has 1 aliphatic rings. The second kappa shape index (κ2) is 6.01. The molecule has 0 saturated carbocycles. The Morgan fingerprint density at radius 3 is 2.76 bits per heavy atom. The van der Waals surface area contributed by atoms with Crippen LogP contribution in [0, 0.1) is 0 Å². The summed E-state index contributed by atoms with van der Waals surface area (Å²) in [5, 5.41) is 1.98. The number of benzene rings is 1. The van der Waals surface area contributed by atoms with Gasteiger partial charge >= 0.3 is 0 Å². The first kappa shape index (κ1) is 14.3. The molecule has 2 aromatic rings. The van der Waals surface area contributed by atoms with E-state index in [0.717, 1.165) is 4.88 Å². The molecule has 1 aliphatic heterocycles. The molecule has 1 aromatic heterocycles. The van der Waals surface area contributed by atoms with Gasteiger partial charge in [0.1, 0.15) is 5.75 Å². The largest absolute Gasteiger partial charge is 0.495 e. The van der Waals surface area contributed by atoms with E-state index in [9.17, 15) is 4.79 Å². The lowest BCUT2D eigenvalue weighted by atomic mass is 10.2. The molecule has 3 rings (SSSR count). The van der Waals surface area contributed by atoms with Crippen LogP contribution in [0.4, 0.5) is 5.69 Å². The van der Waals surface area contributed by atoms with E-state index >= 15 is 0 Å². The first-order chi connectivity index (χ1) is 10.2. The second-order valence-electron chi connectivity index (χ2n) is 4.20. The van der Waals surface area contributed by atoms with Crippen LogP contribution in [-0.4, -0.2) is 17.3 Å². The molecule has 1 amide bonds. The molecule has 106 valence electrons. The quantitative estimate of drug-likeness (QED) is 0.623. The molecule has 0 unspecified atom stereocenters. The van der Waals surface area contributed by atoms with E-state index in [-0.39, 0.29) is 5.91 Å². The highest BCUT2D eigenvalue weighted by atomic mass is 32.2. The van der Waals surface area contributed by atoms with E-state index < -0.39 is 0 Å². The first-order valence-electron chi connectivity index (χ1n) is 6.15. The monoisotopic (exact) mass is 333 g/mol. The Morgan fingerprint density at radius 1 is 1.24 bits per heavy atom. The second-order valence-corrected chi connectivity index (χ2v) is 6.86. The van der Waals surface area contributed by atoms with Crippen molar-refractivity contribution in [1.29, 1.82) is 0 Å². The summed E-state index contributed by atoms with van der Waals surface area (Å²) in [6.45, 7) is 0. The maximum absolute atomic E-state index is 12.6. The number of methoxy groups -OCH3 is 1. The van der Waals surface area contributed by atoms with Crippen molar-refractivity contribution in [3.63, 3.8) is 0 Å². The highest BCUT2D eigenvalue weighted by molar-refractivity contribution is 8.27. The summed E-state index contributed by atoms with van der Waals surface area (Å²) in [4.78, 5) is 15.8. The van der Waals surface area contributed by atoms with Crippen LogP contribution in [0.3, 0.4) is 0 Å². The average Bonchev–Trinajstić information content (AvgIpc) is 3.09. The Hall–Kier alpha value is -1.63. The predicted octanol–water partition coefficient (Wildman–Crippen LogP) is 4.16. The summed E-state index contributed by atoms with van der Waals surface area (Å²) in [7, 11) is 1.58. The Labute approximate surface area is 136 Å². The summed E-state index contributed by atoms with van der Waals surface area (Å²) in [5.74, 6) is 0.522. The fraction of sp³-hybridized carbons (Fsp3) is 0.0667. The molecule has 0 bridgehead atoms. The summed E-state index contributed by atoms with van der Waals surface area (Å²) in [5.41, 5.74) is 0.678. The fourth-order valence-corrected chi connectivity index (χ4v) is 4.00. The summed E-state index contributed by atoms with van der Waals surface area (Å²) >= 11 is 8.26. The number of ether oxygens (including phenoxy) is 1. The minimum absolute atomic E-state index is 0.108. The molecule has 1 saturated heterocycles. The normalized spacial score (nSPS) is 16.8. The molecular weight excluding hydrogens is 322 g/mol. The van der Waals surface area contributed by atoms with E-state index in [2.05, 4.69) is 0 Å². The van der Waals surface area contributed by atoms with Gasteiger partial charge in [0.05, 0.1) is 17.7 Å². The Kier molecular flexibility index (Phi) is 4.10. The summed E-state index contributed by atoms with van der Waals surface area (Å²) in [6, 6.07) is 11.3. The van der Waals surface area contributed by atoms with Gasteiger partial charge in [-0.25, -0.2) is 0 Å². The topological polar surface area (TPSA) is 29.5 Å². The van der Waals surface area contributed by atoms with Crippen LogP contribution in [0.1, 0.15) is 4.88 Å². The van der Waals surface area contributed by atoms with Gasteiger partial charge in [0.25, 0.3) is 5.91 Å². The average molecular weight is 333 g/mol. The standard InChI is InChI=1S/C15H11NO2S3/c1-18-12-7-3-2-6-11(12)16-14(17)13(21-15(16)19)9-10-5-4-8-20-10/h2-9H,1H3/b13-9-. The number of carbonyl (C=O) groups is 1. The highest BCUT2D eigenvalue weighted by Gasteiger charge is 2.34. The molecule has 1 aromatic carbocycles. The van der Waals surface area contributed by atoms with Crippen molar-refractivity contribution < 1.29 is 9.53 Å². The van der Waals surface area contributed by atoms with Gasteiger partial charge in [0.15, 0.2) is 4.32 Å². The Morgan fingerprint density at radius 2 is 2.05 bits per heavy atom. The van der Waals surface area contributed by atoms with Crippen molar-refractivity contribution in [2.24, 2.45) is 0 Å². The van der Waals surface area contributed by atoms with Gasteiger partial charge in [0, 0.05) is 4.88 Å². The number of amides is 1. The number of thiophene rings is 1. The van der Waals surface area contributed by atoms with E-state index in [1.807, 2.05) is 47.9 Å². The van der Waals surface area contributed by atoms with Gasteiger partial charge in [-0.3, -0.25) is 9.69 Å². The van der Waals surface area contributed by atoms with Crippen LogP contribution in [0.25, 0.3) is 6.08 Å². The number of carbonyl (C=O) groups excluding carboxylic acids is 1. The molecule has 3 nitrogen and oxygen atoms in total. The van der Waals surface area contributed by atoms with Crippen LogP contribution in [0.15, 0.2) is 46.7 Å². The van der Waals surface area contributed by atoms with Crippen molar-refractivity contribution in [2.75, 3.05) is 12.0 Å². The molecule has 0 spiro atoms. The number of para-hydroxylation sites is 2.